The average Bonchev–Trinajstić information content (AvgIpc) is 2.91. The number of nitrogens with one attached hydrogen (secondary N) is 2. The van der Waals surface area contributed by atoms with Gasteiger partial charge in [0, 0.05) is 29.7 Å². The number of ether oxygens (including phenoxy) is 2. The molecule has 0 heterocycles. The molecule has 0 fully saturated rings. The van der Waals surface area contributed by atoms with Crippen LogP contribution in [0.2, 0.25) is 0 Å². The van der Waals surface area contributed by atoms with Gasteiger partial charge < -0.3 is 20.1 Å². The highest BCUT2D eigenvalue weighted by molar-refractivity contribution is 7.99. The summed E-state index contributed by atoms with van der Waals surface area (Å²) in [7, 11) is 1.59. The van der Waals surface area contributed by atoms with E-state index in [0.29, 0.717) is 42.3 Å². The summed E-state index contributed by atoms with van der Waals surface area (Å²) in [6.45, 7) is 5.63. The number of methoxy groups -OCH3 is 1. The van der Waals surface area contributed by atoms with Crippen molar-refractivity contribution in [2.75, 3.05) is 37.9 Å². The maximum atomic E-state index is 13.0. The van der Waals surface area contributed by atoms with Gasteiger partial charge in [-0.2, -0.15) is 0 Å². The first kappa shape index (κ1) is 30.7. The van der Waals surface area contributed by atoms with Crippen LogP contribution in [0.5, 0.6) is 5.75 Å². The molecule has 2 aromatic carbocycles. The number of carbonyl (C=O) groups excluding carboxylic acids is 2. The van der Waals surface area contributed by atoms with Gasteiger partial charge in [-0.05, 0) is 61.1 Å². The molecule has 2 aromatic rings. The molecule has 6 nitrogen and oxygen atoms in total. The maximum Gasteiger partial charge on any atom is 0.255 e. The number of rotatable bonds is 19. The highest BCUT2D eigenvalue weighted by Gasteiger charge is 2.14. The fraction of sp³-hybridized carbons (Fsp3) is 0.533. The molecule has 0 unspecified atom stereocenters. The van der Waals surface area contributed by atoms with E-state index in [4.69, 9.17) is 9.47 Å². The lowest BCUT2D eigenvalue weighted by Gasteiger charge is -2.14. The van der Waals surface area contributed by atoms with E-state index in [2.05, 4.69) is 17.6 Å². The molecule has 0 saturated heterocycles. The Morgan fingerprint density at radius 3 is 2.14 bits per heavy atom. The predicted octanol–water partition coefficient (Wildman–Crippen LogP) is 7.34. The Kier molecular flexibility index (Phi) is 15.5. The smallest absolute Gasteiger partial charge is 0.255 e. The Morgan fingerprint density at radius 1 is 0.784 bits per heavy atom. The lowest BCUT2D eigenvalue weighted by Crippen LogP contribution is -2.27. The number of thioether (sulfide) groups is 1. The third kappa shape index (κ3) is 12.1. The molecule has 37 heavy (non-hydrogen) atoms. The lowest BCUT2D eigenvalue weighted by molar-refractivity contribution is 0.0936. The molecule has 0 spiro atoms. The zero-order valence-corrected chi connectivity index (χ0v) is 23.6. The summed E-state index contributed by atoms with van der Waals surface area (Å²) in [5.41, 5.74) is 1.49. The minimum absolute atomic E-state index is 0.229. The van der Waals surface area contributed by atoms with Crippen molar-refractivity contribution in [2.24, 2.45) is 0 Å². The van der Waals surface area contributed by atoms with Crippen molar-refractivity contribution >= 4 is 29.3 Å². The van der Waals surface area contributed by atoms with E-state index < -0.39 is 0 Å². The second kappa shape index (κ2) is 18.7. The molecular formula is C30H44N2O4S. The lowest BCUT2D eigenvalue weighted by atomic mass is 10.1. The fourth-order valence-electron chi connectivity index (χ4n) is 3.80. The average molecular weight is 529 g/mol. The van der Waals surface area contributed by atoms with Crippen LogP contribution in [-0.4, -0.2) is 44.4 Å². The van der Waals surface area contributed by atoms with E-state index in [0.717, 1.165) is 12.2 Å². The largest absolute Gasteiger partial charge is 0.491 e. The number of benzene rings is 2. The van der Waals surface area contributed by atoms with Crippen molar-refractivity contribution in [3.05, 3.63) is 53.6 Å². The molecule has 2 rings (SSSR count). The molecule has 2 N–H and O–H groups in total. The molecule has 0 aliphatic carbocycles. The van der Waals surface area contributed by atoms with E-state index >= 15 is 0 Å². The Morgan fingerprint density at radius 2 is 1.46 bits per heavy atom. The van der Waals surface area contributed by atoms with E-state index in [9.17, 15) is 9.59 Å². The molecule has 0 aromatic heterocycles. The normalized spacial score (nSPS) is 10.8. The van der Waals surface area contributed by atoms with E-state index in [1.54, 1.807) is 25.3 Å². The predicted molar refractivity (Wildman–Crippen MR) is 154 cm³/mol. The Hall–Kier alpha value is -2.51. The number of anilines is 1. The molecule has 0 atom stereocenters. The van der Waals surface area contributed by atoms with Crippen molar-refractivity contribution in [1.82, 2.24) is 5.32 Å². The summed E-state index contributed by atoms with van der Waals surface area (Å²) in [5, 5.41) is 5.73. The molecule has 0 aliphatic heterocycles. The summed E-state index contributed by atoms with van der Waals surface area (Å²) in [5.74, 6) is 1.17. The monoisotopic (exact) mass is 528 g/mol. The number of hydrogen-bond acceptors (Lipinski definition) is 5. The van der Waals surface area contributed by atoms with Gasteiger partial charge in [0.2, 0.25) is 0 Å². The SMILES string of the molecule is CCCCCCCCCCSc1ccc(C(=O)Nc2cc(C(=O)NCCOC)ccc2OCCC)cc1. The third-order valence-corrected chi connectivity index (χ3v) is 7.02. The quantitative estimate of drug-likeness (QED) is 0.147. The van der Waals surface area contributed by atoms with Crippen molar-refractivity contribution in [2.45, 2.75) is 76.5 Å². The van der Waals surface area contributed by atoms with Crippen LogP contribution in [0.3, 0.4) is 0 Å². The number of carbonyl (C=O) groups is 2. The van der Waals surface area contributed by atoms with Crippen molar-refractivity contribution < 1.29 is 19.1 Å². The van der Waals surface area contributed by atoms with Gasteiger partial charge in [0.05, 0.1) is 18.9 Å². The number of unbranched alkanes of at least 4 members (excludes halogenated alkanes) is 7. The molecule has 0 aliphatic rings. The second-order valence-corrected chi connectivity index (χ2v) is 10.3. The van der Waals surface area contributed by atoms with Crippen LogP contribution in [0, 0.1) is 0 Å². The first-order valence-electron chi connectivity index (χ1n) is 13.7. The Labute approximate surface area is 227 Å². The molecule has 2 amide bonds. The van der Waals surface area contributed by atoms with Gasteiger partial charge in [-0.15, -0.1) is 11.8 Å². The minimum atomic E-state index is -0.238. The van der Waals surface area contributed by atoms with Crippen LogP contribution < -0.4 is 15.4 Å². The van der Waals surface area contributed by atoms with E-state index in [1.165, 1.54) is 56.3 Å². The van der Waals surface area contributed by atoms with Crippen LogP contribution >= 0.6 is 11.8 Å². The molecule has 7 heteroatoms. The third-order valence-electron chi connectivity index (χ3n) is 5.93. The van der Waals surface area contributed by atoms with Gasteiger partial charge in [-0.3, -0.25) is 9.59 Å². The summed E-state index contributed by atoms with van der Waals surface area (Å²) < 4.78 is 10.8. The van der Waals surface area contributed by atoms with Crippen LogP contribution in [-0.2, 0) is 4.74 Å². The maximum absolute atomic E-state index is 13.0. The first-order valence-corrected chi connectivity index (χ1v) is 14.7. The van der Waals surface area contributed by atoms with Crippen molar-refractivity contribution in [3.8, 4) is 5.75 Å². The van der Waals surface area contributed by atoms with Crippen molar-refractivity contribution in [3.63, 3.8) is 0 Å². The van der Waals surface area contributed by atoms with Gasteiger partial charge in [0.15, 0.2) is 0 Å². The van der Waals surface area contributed by atoms with Gasteiger partial charge in [-0.25, -0.2) is 0 Å². The zero-order chi connectivity index (χ0) is 26.7. The Balaban J connectivity index is 1.89. The molecular weight excluding hydrogens is 484 g/mol. The van der Waals surface area contributed by atoms with Crippen LogP contribution in [0.4, 0.5) is 5.69 Å². The van der Waals surface area contributed by atoms with Crippen LogP contribution in [0.1, 0.15) is 92.4 Å². The van der Waals surface area contributed by atoms with Crippen LogP contribution in [0.25, 0.3) is 0 Å². The molecule has 204 valence electrons. The fourth-order valence-corrected chi connectivity index (χ4v) is 4.71. The van der Waals surface area contributed by atoms with Crippen molar-refractivity contribution in [1.29, 1.82) is 0 Å². The summed E-state index contributed by atoms with van der Waals surface area (Å²) in [6, 6.07) is 12.8. The standard InChI is InChI=1S/C30H44N2O4S/c1-4-6-7-8-9-10-11-12-22-37-26-16-13-24(14-17-26)30(34)32-27-23-25(29(33)31-19-21-35-3)15-18-28(27)36-20-5-2/h13-18,23H,4-12,19-22H2,1-3H3,(H,31,33)(H,32,34). The van der Waals surface area contributed by atoms with Gasteiger partial charge in [0.25, 0.3) is 11.8 Å². The number of hydrogen-bond donors (Lipinski definition) is 2. The molecule has 0 bridgehead atoms. The van der Waals surface area contributed by atoms with Gasteiger partial charge >= 0.3 is 0 Å². The van der Waals surface area contributed by atoms with E-state index in [1.807, 2.05) is 43.0 Å². The summed E-state index contributed by atoms with van der Waals surface area (Å²) >= 11 is 1.84. The van der Waals surface area contributed by atoms with Gasteiger partial charge in [-0.1, -0.05) is 58.8 Å². The summed E-state index contributed by atoms with van der Waals surface area (Å²) in [6.07, 6.45) is 11.4. The van der Waals surface area contributed by atoms with E-state index in [-0.39, 0.29) is 11.8 Å². The van der Waals surface area contributed by atoms with Crippen LogP contribution in [0.15, 0.2) is 47.4 Å². The molecule has 0 radical (unpaired) electrons. The minimum Gasteiger partial charge on any atom is -0.491 e. The first-order chi connectivity index (χ1) is 18.1. The topological polar surface area (TPSA) is 76.7 Å². The second-order valence-electron chi connectivity index (χ2n) is 9.11. The van der Waals surface area contributed by atoms with Gasteiger partial charge in [0.1, 0.15) is 5.75 Å². The zero-order valence-electron chi connectivity index (χ0n) is 22.8. The highest BCUT2D eigenvalue weighted by atomic mass is 32.2. The molecule has 0 saturated carbocycles. The highest BCUT2D eigenvalue weighted by Crippen LogP contribution is 2.27. The Bertz CT molecular complexity index is 934. The summed E-state index contributed by atoms with van der Waals surface area (Å²) in [4.78, 5) is 26.6. The number of amides is 2.